The number of nitrogens with two attached hydrogens (primary N) is 1. The summed E-state index contributed by atoms with van der Waals surface area (Å²) in [5.74, 6) is 0.788. The third-order valence-electron chi connectivity index (χ3n) is 1.41. The number of benzene rings is 1. The number of anilines is 1. The van der Waals surface area contributed by atoms with Crippen LogP contribution in [0.2, 0.25) is 5.02 Å². The molecule has 0 aliphatic carbocycles. The fourth-order valence-electron chi connectivity index (χ4n) is 0.787. The van der Waals surface area contributed by atoms with Crippen molar-refractivity contribution in [3.8, 4) is 0 Å². The molecule has 66 valence electrons. The molecule has 0 heterocycles. The van der Waals surface area contributed by atoms with Gasteiger partial charge in [-0.2, -0.15) is 0 Å². The van der Waals surface area contributed by atoms with Crippen molar-refractivity contribution in [3.05, 3.63) is 28.8 Å². The minimum absolute atomic E-state index is 0.601. The Hall–Kier alpha value is -0.380. The van der Waals surface area contributed by atoms with Crippen molar-refractivity contribution >= 4 is 29.3 Å². The molecule has 2 nitrogen and oxygen atoms in total. The summed E-state index contributed by atoms with van der Waals surface area (Å²) >= 11 is 7.19. The van der Waals surface area contributed by atoms with E-state index < -0.39 is 0 Å². The molecule has 0 unspecified atom stereocenters. The molecule has 0 radical (unpaired) electrons. The van der Waals surface area contributed by atoms with E-state index in [9.17, 15) is 0 Å². The molecule has 2 N–H and O–H groups in total. The van der Waals surface area contributed by atoms with Gasteiger partial charge in [0.2, 0.25) is 0 Å². The maximum Gasteiger partial charge on any atom is 0.0638 e. The Balaban J connectivity index is 2.69. The highest BCUT2D eigenvalue weighted by molar-refractivity contribution is 7.93. The molecule has 1 rings (SSSR count). The van der Waals surface area contributed by atoms with Crippen molar-refractivity contribution in [3.63, 3.8) is 0 Å². The van der Waals surface area contributed by atoms with Crippen LogP contribution in [0.3, 0.4) is 0 Å². The molecule has 1 aromatic rings. The summed E-state index contributed by atoms with van der Waals surface area (Å²) in [6.07, 6.45) is 0. The maximum atomic E-state index is 5.82. The first kappa shape index (κ1) is 9.71. The molecule has 0 aromatic heterocycles. The number of rotatable bonds is 3. The zero-order valence-corrected chi connectivity index (χ0v) is 8.28. The SMILES string of the molecule is COSCc1ccc(N)c(Cl)c1. The Morgan fingerprint density at radius 1 is 1.58 bits per heavy atom. The van der Waals surface area contributed by atoms with Gasteiger partial charge in [-0.15, -0.1) is 0 Å². The molecular formula is C8H10ClNOS. The first-order valence-corrected chi connectivity index (χ1v) is 4.72. The Kier molecular flexibility index (Phi) is 3.72. The van der Waals surface area contributed by atoms with Gasteiger partial charge in [0, 0.05) is 5.75 Å². The highest BCUT2D eigenvalue weighted by Crippen LogP contribution is 2.22. The van der Waals surface area contributed by atoms with Crippen LogP contribution in [0.5, 0.6) is 0 Å². The zero-order valence-electron chi connectivity index (χ0n) is 6.71. The molecule has 4 heteroatoms. The highest BCUT2D eigenvalue weighted by Gasteiger charge is 1.98. The van der Waals surface area contributed by atoms with Gasteiger partial charge in [0.15, 0.2) is 0 Å². The predicted molar refractivity (Wildman–Crippen MR) is 54.2 cm³/mol. The van der Waals surface area contributed by atoms with E-state index in [1.54, 1.807) is 13.2 Å². The summed E-state index contributed by atoms with van der Waals surface area (Å²) in [5.41, 5.74) is 7.27. The second-order valence-electron chi connectivity index (χ2n) is 2.28. The number of hydrogen-bond acceptors (Lipinski definition) is 3. The van der Waals surface area contributed by atoms with E-state index in [2.05, 4.69) is 0 Å². The van der Waals surface area contributed by atoms with Gasteiger partial charge in [-0.25, -0.2) is 0 Å². The molecular weight excluding hydrogens is 194 g/mol. The van der Waals surface area contributed by atoms with E-state index in [-0.39, 0.29) is 0 Å². The Bertz CT molecular complexity index is 267. The summed E-state index contributed by atoms with van der Waals surface area (Å²) in [6, 6.07) is 5.59. The molecule has 0 saturated carbocycles. The van der Waals surface area contributed by atoms with Crippen molar-refractivity contribution in [1.82, 2.24) is 0 Å². The van der Waals surface area contributed by atoms with Gasteiger partial charge >= 0.3 is 0 Å². The van der Waals surface area contributed by atoms with Crippen LogP contribution < -0.4 is 5.73 Å². The molecule has 0 bridgehead atoms. The fourth-order valence-corrected chi connectivity index (χ4v) is 1.42. The van der Waals surface area contributed by atoms with E-state index in [1.807, 2.05) is 12.1 Å². The van der Waals surface area contributed by atoms with Crippen LogP contribution in [0.25, 0.3) is 0 Å². The van der Waals surface area contributed by atoms with Gasteiger partial charge in [0.25, 0.3) is 0 Å². The van der Waals surface area contributed by atoms with Crippen LogP contribution in [0, 0.1) is 0 Å². The smallest absolute Gasteiger partial charge is 0.0638 e. The first-order chi connectivity index (χ1) is 5.74. The summed E-state index contributed by atoms with van der Waals surface area (Å²) in [6.45, 7) is 0. The predicted octanol–water partition coefficient (Wildman–Crippen LogP) is 2.72. The molecule has 0 aliphatic heterocycles. The monoisotopic (exact) mass is 203 g/mol. The largest absolute Gasteiger partial charge is 0.398 e. The lowest BCUT2D eigenvalue weighted by Gasteiger charge is -2.01. The quantitative estimate of drug-likeness (QED) is 0.606. The van der Waals surface area contributed by atoms with Crippen LogP contribution in [0.1, 0.15) is 5.56 Å². The van der Waals surface area contributed by atoms with Gasteiger partial charge in [-0.05, 0) is 29.7 Å². The van der Waals surface area contributed by atoms with Crippen molar-refractivity contribution < 1.29 is 4.18 Å². The molecule has 0 atom stereocenters. The topological polar surface area (TPSA) is 35.2 Å². The highest BCUT2D eigenvalue weighted by atomic mass is 35.5. The van der Waals surface area contributed by atoms with Gasteiger partial charge in [0.05, 0.1) is 17.8 Å². The lowest BCUT2D eigenvalue weighted by molar-refractivity contribution is 0.489. The van der Waals surface area contributed by atoms with Crippen LogP contribution in [0.4, 0.5) is 5.69 Å². The molecule has 12 heavy (non-hydrogen) atoms. The Labute approximate surface area is 81.3 Å². The fraction of sp³-hybridized carbons (Fsp3) is 0.250. The molecule has 1 aromatic carbocycles. The third-order valence-corrected chi connectivity index (χ3v) is 2.42. The molecule has 0 saturated heterocycles. The standard InChI is InChI=1S/C8H10ClNOS/c1-11-12-5-6-2-3-8(10)7(9)4-6/h2-4H,5,10H2,1H3. The lowest BCUT2D eigenvalue weighted by atomic mass is 10.2. The Morgan fingerprint density at radius 2 is 2.33 bits per heavy atom. The lowest BCUT2D eigenvalue weighted by Crippen LogP contribution is -1.88. The van der Waals surface area contributed by atoms with E-state index in [0.29, 0.717) is 10.7 Å². The number of nitrogen functional groups attached to an aromatic ring is 1. The summed E-state index contributed by atoms with van der Waals surface area (Å²) < 4.78 is 4.86. The molecule has 0 amide bonds. The van der Waals surface area contributed by atoms with Gasteiger partial charge in [-0.3, -0.25) is 0 Å². The molecule has 0 spiro atoms. The van der Waals surface area contributed by atoms with E-state index >= 15 is 0 Å². The van der Waals surface area contributed by atoms with Gasteiger partial charge in [0.1, 0.15) is 0 Å². The molecule has 0 fully saturated rings. The second-order valence-corrected chi connectivity index (χ2v) is 3.55. The van der Waals surface area contributed by atoms with Gasteiger partial charge in [-0.1, -0.05) is 17.7 Å². The van der Waals surface area contributed by atoms with Crippen molar-refractivity contribution in [2.75, 3.05) is 12.8 Å². The van der Waals surface area contributed by atoms with Crippen LogP contribution >= 0.6 is 23.6 Å². The van der Waals surface area contributed by atoms with Gasteiger partial charge < -0.3 is 9.92 Å². The second kappa shape index (κ2) is 4.60. The first-order valence-electron chi connectivity index (χ1n) is 3.43. The van der Waals surface area contributed by atoms with Crippen LogP contribution in [0.15, 0.2) is 18.2 Å². The number of halogens is 1. The van der Waals surface area contributed by atoms with E-state index in [4.69, 9.17) is 21.5 Å². The number of hydrogen-bond donors (Lipinski definition) is 1. The van der Waals surface area contributed by atoms with Crippen molar-refractivity contribution in [1.29, 1.82) is 0 Å². The maximum absolute atomic E-state index is 5.82. The van der Waals surface area contributed by atoms with E-state index in [0.717, 1.165) is 11.3 Å². The minimum atomic E-state index is 0.601. The molecule has 0 aliphatic rings. The minimum Gasteiger partial charge on any atom is -0.398 e. The van der Waals surface area contributed by atoms with Crippen molar-refractivity contribution in [2.24, 2.45) is 0 Å². The average molecular weight is 204 g/mol. The third kappa shape index (κ3) is 2.59. The summed E-state index contributed by atoms with van der Waals surface area (Å²) in [4.78, 5) is 0. The Morgan fingerprint density at radius 3 is 2.92 bits per heavy atom. The zero-order chi connectivity index (χ0) is 8.97. The summed E-state index contributed by atoms with van der Waals surface area (Å²) in [7, 11) is 1.64. The van der Waals surface area contributed by atoms with Crippen molar-refractivity contribution in [2.45, 2.75) is 5.75 Å². The van der Waals surface area contributed by atoms with Crippen LogP contribution in [-0.2, 0) is 9.94 Å². The summed E-state index contributed by atoms with van der Waals surface area (Å²) in [5, 5.41) is 0.601. The van der Waals surface area contributed by atoms with Crippen LogP contribution in [-0.4, -0.2) is 7.11 Å². The van der Waals surface area contributed by atoms with E-state index in [1.165, 1.54) is 12.0 Å². The normalized spacial score (nSPS) is 10.2. The average Bonchev–Trinajstić information content (AvgIpc) is 2.07.